The standard InChI is InChI=1S/C22H30N4O/c1-4-25(21-7-5-6-18(2)16-21)17-22(27)23-19-8-10-20(11-9-19)26-14-12-24(3)13-15-26/h5-11,16H,4,12-15,17H2,1-3H3,(H,23,27). The highest BCUT2D eigenvalue weighted by Crippen LogP contribution is 2.20. The van der Waals surface area contributed by atoms with Crippen LogP contribution in [-0.2, 0) is 4.79 Å². The molecule has 0 unspecified atom stereocenters. The zero-order chi connectivity index (χ0) is 19.2. The molecule has 3 rings (SSSR count). The summed E-state index contributed by atoms with van der Waals surface area (Å²) in [6.07, 6.45) is 0. The van der Waals surface area contributed by atoms with Gasteiger partial charge in [-0.3, -0.25) is 4.79 Å². The highest BCUT2D eigenvalue weighted by atomic mass is 16.2. The van der Waals surface area contributed by atoms with E-state index in [1.165, 1.54) is 11.3 Å². The van der Waals surface area contributed by atoms with Gasteiger partial charge in [0.2, 0.25) is 5.91 Å². The van der Waals surface area contributed by atoms with Gasteiger partial charge in [-0.25, -0.2) is 0 Å². The van der Waals surface area contributed by atoms with Crippen molar-refractivity contribution in [3.63, 3.8) is 0 Å². The number of rotatable bonds is 6. The Morgan fingerprint density at radius 2 is 1.78 bits per heavy atom. The zero-order valence-electron chi connectivity index (χ0n) is 16.6. The summed E-state index contributed by atoms with van der Waals surface area (Å²) in [6, 6.07) is 16.4. The largest absolute Gasteiger partial charge is 0.369 e. The Kier molecular flexibility index (Phi) is 6.35. The predicted octanol–water partition coefficient (Wildman–Crippen LogP) is 3.21. The lowest BCUT2D eigenvalue weighted by atomic mass is 10.2. The monoisotopic (exact) mass is 366 g/mol. The number of carbonyl (C=O) groups is 1. The summed E-state index contributed by atoms with van der Waals surface area (Å²) in [7, 11) is 2.16. The van der Waals surface area contributed by atoms with Gasteiger partial charge in [0, 0.05) is 49.8 Å². The topological polar surface area (TPSA) is 38.8 Å². The Balaban J connectivity index is 1.57. The minimum atomic E-state index is 0.00528. The van der Waals surface area contributed by atoms with Gasteiger partial charge in [-0.1, -0.05) is 12.1 Å². The molecule has 1 aliphatic heterocycles. The van der Waals surface area contributed by atoms with E-state index in [1.807, 2.05) is 18.2 Å². The first-order chi connectivity index (χ1) is 13.0. The van der Waals surface area contributed by atoms with E-state index in [0.29, 0.717) is 6.54 Å². The second kappa shape index (κ2) is 8.91. The van der Waals surface area contributed by atoms with Crippen LogP contribution in [0.25, 0.3) is 0 Å². The second-order valence-corrected chi connectivity index (χ2v) is 7.24. The third-order valence-corrected chi connectivity index (χ3v) is 5.10. The van der Waals surface area contributed by atoms with Crippen LogP contribution in [-0.4, -0.2) is 57.1 Å². The molecule has 5 heteroatoms. The highest BCUT2D eigenvalue weighted by Gasteiger charge is 2.14. The summed E-state index contributed by atoms with van der Waals surface area (Å²) >= 11 is 0. The number of nitrogens with one attached hydrogen (secondary N) is 1. The number of benzene rings is 2. The van der Waals surface area contributed by atoms with Gasteiger partial charge in [0.1, 0.15) is 0 Å². The summed E-state index contributed by atoms with van der Waals surface area (Å²) in [5.74, 6) is 0.00528. The van der Waals surface area contributed by atoms with Crippen molar-refractivity contribution in [2.24, 2.45) is 0 Å². The fourth-order valence-electron chi connectivity index (χ4n) is 3.40. The van der Waals surface area contributed by atoms with Crippen LogP contribution in [0.4, 0.5) is 17.1 Å². The van der Waals surface area contributed by atoms with Crippen LogP contribution in [0.1, 0.15) is 12.5 Å². The molecule has 2 aromatic carbocycles. The van der Waals surface area contributed by atoms with Gasteiger partial charge >= 0.3 is 0 Å². The Bertz CT molecular complexity index is 751. The molecule has 1 aliphatic rings. The van der Waals surface area contributed by atoms with E-state index in [2.05, 4.69) is 71.2 Å². The number of anilines is 3. The maximum atomic E-state index is 12.5. The van der Waals surface area contributed by atoms with Crippen molar-refractivity contribution in [1.82, 2.24) is 4.90 Å². The average molecular weight is 367 g/mol. The SMILES string of the molecule is CCN(CC(=O)Nc1ccc(N2CCN(C)CC2)cc1)c1cccc(C)c1. The molecule has 0 spiro atoms. The summed E-state index contributed by atoms with van der Waals surface area (Å²) < 4.78 is 0. The van der Waals surface area contributed by atoms with Crippen LogP contribution >= 0.6 is 0 Å². The highest BCUT2D eigenvalue weighted by molar-refractivity contribution is 5.94. The normalized spacial score (nSPS) is 14.9. The van der Waals surface area contributed by atoms with Gasteiger partial charge in [0.05, 0.1) is 6.54 Å². The minimum Gasteiger partial charge on any atom is -0.369 e. The number of nitrogens with zero attached hydrogens (tertiary/aromatic N) is 3. The fourth-order valence-corrected chi connectivity index (χ4v) is 3.40. The number of hydrogen-bond acceptors (Lipinski definition) is 4. The first-order valence-electron chi connectivity index (χ1n) is 9.70. The number of aryl methyl sites for hydroxylation is 1. The molecule has 2 aromatic rings. The third-order valence-electron chi connectivity index (χ3n) is 5.10. The lowest BCUT2D eigenvalue weighted by Gasteiger charge is -2.34. The Morgan fingerprint density at radius 1 is 1.07 bits per heavy atom. The first kappa shape index (κ1) is 19.2. The summed E-state index contributed by atoms with van der Waals surface area (Å²) in [4.78, 5) is 19.3. The Hall–Kier alpha value is -2.53. The van der Waals surface area contributed by atoms with Crippen molar-refractivity contribution in [3.8, 4) is 0 Å². The Labute approximate surface area is 162 Å². The average Bonchev–Trinajstić information content (AvgIpc) is 2.67. The zero-order valence-corrected chi connectivity index (χ0v) is 16.6. The molecule has 1 saturated heterocycles. The van der Waals surface area contributed by atoms with Gasteiger partial charge in [0.25, 0.3) is 0 Å². The smallest absolute Gasteiger partial charge is 0.243 e. The van der Waals surface area contributed by atoms with Crippen LogP contribution in [0, 0.1) is 6.92 Å². The molecule has 0 bridgehead atoms. The van der Waals surface area contributed by atoms with E-state index in [9.17, 15) is 4.79 Å². The molecule has 27 heavy (non-hydrogen) atoms. The summed E-state index contributed by atoms with van der Waals surface area (Å²) in [5.41, 5.74) is 4.35. The molecule has 1 heterocycles. The maximum absolute atomic E-state index is 12.5. The van der Waals surface area contributed by atoms with Crippen LogP contribution in [0.5, 0.6) is 0 Å². The number of amides is 1. The Morgan fingerprint density at radius 3 is 2.41 bits per heavy atom. The van der Waals surface area contributed by atoms with Crippen molar-refractivity contribution in [3.05, 3.63) is 54.1 Å². The van der Waals surface area contributed by atoms with Crippen molar-refractivity contribution in [2.75, 3.05) is 61.4 Å². The fraction of sp³-hybridized carbons (Fsp3) is 0.409. The molecule has 0 aromatic heterocycles. The third kappa shape index (κ3) is 5.23. The lowest BCUT2D eigenvalue weighted by molar-refractivity contribution is -0.115. The minimum absolute atomic E-state index is 0.00528. The molecule has 1 N–H and O–H groups in total. The quantitative estimate of drug-likeness (QED) is 0.852. The molecule has 1 fully saturated rings. The van der Waals surface area contributed by atoms with Crippen molar-refractivity contribution in [2.45, 2.75) is 13.8 Å². The maximum Gasteiger partial charge on any atom is 0.243 e. The first-order valence-corrected chi connectivity index (χ1v) is 9.70. The molecule has 5 nitrogen and oxygen atoms in total. The van der Waals surface area contributed by atoms with Gasteiger partial charge < -0.3 is 20.0 Å². The van der Waals surface area contributed by atoms with Crippen LogP contribution in [0.15, 0.2) is 48.5 Å². The molecule has 0 atom stereocenters. The van der Waals surface area contributed by atoms with E-state index in [-0.39, 0.29) is 5.91 Å². The molecule has 0 radical (unpaired) electrons. The van der Waals surface area contributed by atoms with Crippen molar-refractivity contribution < 1.29 is 4.79 Å². The van der Waals surface area contributed by atoms with Crippen LogP contribution < -0.4 is 15.1 Å². The van der Waals surface area contributed by atoms with Gasteiger partial charge in [-0.15, -0.1) is 0 Å². The summed E-state index contributed by atoms with van der Waals surface area (Å²) in [5, 5.41) is 3.02. The van der Waals surface area contributed by atoms with E-state index in [0.717, 1.165) is 44.1 Å². The van der Waals surface area contributed by atoms with Gasteiger partial charge in [0.15, 0.2) is 0 Å². The molecule has 1 amide bonds. The lowest BCUT2D eigenvalue weighted by Crippen LogP contribution is -2.44. The van der Waals surface area contributed by atoms with E-state index < -0.39 is 0 Å². The number of carbonyl (C=O) groups excluding carboxylic acids is 1. The molecule has 144 valence electrons. The van der Waals surface area contributed by atoms with Crippen molar-refractivity contribution >= 4 is 23.0 Å². The molecular formula is C22H30N4O. The van der Waals surface area contributed by atoms with Gasteiger partial charge in [-0.2, -0.15) is 0 Å². The number of hydrogen-bond donors (Lipinski definition) is 1. The molecular weight excluding hydrogens is 336 g/mol. The van der Waals surface area contributed by atoms with Crippen LogP contribution in [0.2, 0.25) is 0 Å². The van der Waals surface area contributed by atoms with Crippen LogP contribution in [0.3, 0.4) is 0 Å². The molecule has 0 aliphatic carbocycles. The van der Waals surface area contributed by atoms with Crippen molar-refractivity contribution in [1.29, 1.82) is 0 Å². The van der Waals surface area contributed by atoms with Gasteiger partial charge in [-0.05, 0) is 62.9 Å². The second-order valence-electron chi connectivity index (χ2n) is 7.24. The van der Waals surface area contributed by atoms with E-state index >= 15 is 0 Å². The van der Waals surface area contributed by atoms with E-state index in [1.54, 1.807) is 0 Å². The summed E-state index contributed by atoms with van der Waals surface area (Å²) in [6.45, 7) is 9.54. The number of piperazine rings is 1. The van der Waals surface area contributed by atoms with E-state index in [4.69, 9.17) is 0 Å². The predicted molar refractivity (Wildman–Crippen MR) is 114 cm³/mol. The molecule has 0 saturated carbocycles. The number of likely N-dealkylation sites (N-methyl/N-ethyl adjacent to an activating group) is 2.